The molecule has 2 aliphatic rings. The zero-order chi connectivity index (χ0) is 20.6. The van der Waals surface area contributed by atoms with Crippen molar-refractivity contribution in [2.75, 3.05) is 45.9 Å². The number of carbonyl (C=O) groups is 2. The van der Waals surface area contributed by atoms with E-state index in [-0.39, 0.29) is 18.4 Å². The van der Waals surface area contributed by atoms with Gasteiger partial charge in [-0.1, -0.05) is 24.3 Å². The molecule has 1 aromatic carbocycles. The molecule has 2 saturated heterocycles. The van der Waals surface area contributed by atoms with Crippen LogP contribution in [0.1, 0.15) is 42.9 Å². The van der Waals surface area contributed by atoms with Crippen molar-refractivity contribution in [3.63, 3.8) is 0 Å². The first-order valence-corrected chi connectivity index (χ1v) is 10.7. The molecule has 0 bridgehead atoms. The van der Waals surface area contributed by atoms with Crippen LogP contribution in [-0.2, 0) is 9.53 Å². The molecule has 0 aromatic heterocycles. The van der Waals surface area contributed by atoms with Gasteiger partial charge in [-0.25, -0.2) is 4.79 Å². The summed E-state index contributed by atoms with van der Waals surface area (Å²) in [5.41, 5.74) is 7.35. The molecule has 1 aromatic rings. The number of nitrogens with zero attached hydrogens (tertiary/aromatic N) is 2. The number of hydrogen-bond donors (Lipinski definition) is 2. The maximum atomic E-state index is 12.9. The Morgan fingerprint density at radius 1 is 1.17 bits per heavy atom. The molecular weight excluding hydrogens is 368 g/mol. The minimum Gasteiger partial charge on any atom is -0.379 e. The summed E-state index contributed by atoms with van der Waals surface area (Å²) in [6.45, 7) is 8.44. The Hall–Kier alpha value is -2.12. The lowest BCUT2D eigenvalue weighted by atomic mass is 9.92. The quantitative estimate of drug-likeness (QED) is 0.731. The van der Waals surface area contributed by atoms with Gasteiger partial charge >= 0.3 is 6.03 Å². The summed E-state index contributed by atoms with van der Waals surface area (Å²) >= 11 is 0. The highest BCUT2D eigenvalue weighted by Crippen LogP contribution is 2.25. The van der Waals surface area contributed by atoms with Crippen molar-refractivity contribution < 1.29 is 14.3 Å². The molecule has 160 valence electrons. The fourth-order valence-corrected chi connectivity index (χ4v) is 4.35. The molecule has 2 fully saturated rings. The third-order valence-electron chi connectivity index (χ3n) is 6.18. The van der Waals surface area contributed by atoms with Gasteiger partial charge in [-0.05, 0) is 49.8 Å². The van der Waals surface area contributed by atoms with Gasteiger partial charge in [0.15, 0.2) is 0 Å². The first-order chi connectivity index (χ1) is 14.0. The van der Waals surface area contributed by atoms with E-state index >= 15 is 0 Å². The monoisotopic (exact) mass is 402 g/mol. The number of likely N-dealkylation sites (tertiary alicyclic amines) is 1. The Bertz CT molecular complexity index is 682. The molecular formula is C22H34N4O3. The van der Waals surface area contributed by atoms with Crippen LogP contribution in [0.2, 0.25) is 0 Å². The second-order valence-corrected chi connectivity index (χ2v) is 8.19. The van der Waals surface area contributed by atoms with Crippen LogP contribution in [-0.4, -0.2) is 67.7 Å². The van der Waals surface area contributed by atoms with Gasteiger partial charge < -0.3 is 20.7 Å². The summed E-state index contributed by atoms with van der Waals surface area (Å²) in [6, 6.07) is 6.80. The molecule has 3 N–H and O–H groups in total. The largest absolute Gasteiger partial charge is 0.379 e. The molecule has 0 spiro atoms. The van der Waals surface area contributed by atoms with E-state index in [2.05, 4.69) is 10.2 Å². The Morgan fingerprint density at radius 3 is 2.52 bits per heavy atom. The number of aryl methyl sites for hydroxylation is 1. The molecule has 0 saturated carbocycles. The fourth-order valence-electron chi connectivity index (χ4n) is 4.35. The number of hydrogen-bond acceptors (Lipinski definition) is 4. The summed E-state index contributed by atoms with van der Waals surface area (Å²) in [5.74, 6) is 0.761. The van der Waals surface area contributed by atoms with Crippen molar-refractivity contribution in [1.82, 2.24) is 15.1 Å². The molecule has 0 aliphatic carbocycles. The van der Waals surface area contributed by atoms with Gasteiger partial charge in [0.25, 0.3) is 0 Å². The van der Waals surface area contributed by atoms with Crippen molar-refractivity contribution in [2.24, 2.45) is 11.7 Å². The van der Waals surface area contributed by atoms with Gasteiger partial charge in [-0.2, -0.15) is 0 Å². The highest BCUT2D eigenvalue weighted by molar-refractivity contribution is 5.79. The fraction of sp³-hybridized carbons (Fsp3) is 0.636. The van der Waals surface area contributed by atoms with Gasteiger partial charge in [0.2, 0.25) is 5.91 Å². The van der Waals surface area contributed by atoms with Crippen LogP contribution in [0.3, 0.4) is 0 Å². The number of ether oxygens (including phenoxy) is 1. The third-order valence-corrected chi connectivity index (χ3v) is 6.18. The first-order valence-electron chi connectivity index (χ1n) is 10.7. The SMILES string of the molecule is Cc1ccccc1C(CC(=O)N1CCC(CCN2CCOCC2)CC1)NC(N)=O. The van der Waals surface area contributed by atoms with E-state index in [1.165, 1.54) is 6.42 Å². The number of urea groups is 1. The number of primary amides is 1. The molecule has 1 unspecified atom stereocenters. The minimum absolute atomic E-state index is 0.0821. The number of carbonyl (C=O) groups excluding carboxylic acids is 2. The number of nitrogens with one attached hydrogen (secondary N) is 1. The predicted molar refractivity (Wildman–Crippen MR) is 112 cm³/mol. The Labute approximate surface area is 173 Å². The number of rotatable bonds is 7. The van der Waals surface area contributed by atoms with E-state index in [0.29, 0.717) is 5.92 Å². The summed E-state index contributed by atoms with van der Waals surface area (Å²) in [5, 5.41) is 2.75. The lowest BCUT2D eigenvalue weighted by Gasteiger charge is -2.34. The van der Waals surface area contributed by atoms with Crippen LogP contribution in [0.4, 0.5) is 4.79 Å². The van der Waals surface area contributed by atoms with Gasteiger partial charge in [-0.3, -0.25) is 9.69 Å². The van der Waals surface area contributed by atoms with Gasteiger partial charge in [0, 0.05) is 26.2 Å². The first kappa shape index (κ1) is 21.6. The average Bonchev–Trinajstić information content (AvgIpc) is 2.73. The summed E-state index contributed by atoms with van der Waals surface area (Å²) < 4.78 is 5.41. The lowest BCUT2D eigenvalue weighted by Crippen LogP contribution is -2.42. The lowest BCUT2D eigenvalue weighted by molar-refractivity contribution is -0.133. The second-order valence-electron chi connectivity index (χ2n) is 8.19. The zero-order valence-electron chi connectivity index (χ0n) is 17.4. The van der Waals surface area contributed by atoms with Crippen LogP contribution < -0.4 is 11.1 Å². The third kappa shape index (κ3) is 6.44. The summed E-state index contributed by atoms with van der Waals surface area (Å²) in [7, 11) is 0. The van der Waals surface area contributed by atoms with Crippen LogP contribution in [0.25, 0.3) is 0 Å². The molecule has 1 atom stereocenters. The van der Waals surface area contributed by atoms with Crippen LogP contribution >= 0.6 is 0 Å². The van der Waals surface area contributed by atoms with Crippen LogP contribution in [0, 0.1) is 12.8 Å². The molecule has 0 radical (unpaired) electrons. The Balaban J connectivity index is 1.48. The summed E-state index contributed by atoms with van der Waals surface area (Å²) in [4.78, 5) is 28.8. The van der Waals surface area contributed by atoms with Gasteiger partial charge in [-0.15, -0.1) is 0 Å². The van der Waals surface area contributed by atoms with E-state index < -0.39 is 6.03 Å². The minimum atomic E-state index is -0.604. The number of benzene rings is 1. The molecule has 3 amide bonds. The molecule has 7 nitrogen and oxygen atoms in total. The molecule has 7 heteroatoms. The van der Waals surface area contributed by atoms with E-state index in [4.69, 9.17) is 10.5 Å². The normalized spacial score (nSPS) is 19.7. The maximum Gasteiger partial charge on any atom is 0.312 e. The zero-order valence-corrected chi connectivity index (χ0v) is 17.4. The van der Waals surface area contributed by atoms with Crippen LogP contribution in [0.5, 0.6) is 0 Å². The average molecular weight is 403 g/mol. The number of morpholine rings is 1. The molecule has 2 aliphatic heterocycles. The van der Waals surface area contributed by atoms with Crippen molar-refractivity contribution in [1.29, 1.82) is 0 Å². The van der Waals surface area contributed by atoms with Crippen LogP contribution in [0.15, 0.2) is 24.3 Å². The molecule has 2 heterocycles. The van der Waals surface area contributed by atoms with Crippen molar-refractivity contribution in [3.8, 4) is 0 Å². The number of amides is 3. The second kappa shape index (κ2) is 10.6. The van der Waals surface area contributed by atoms with E-state index in [9.17, 15) is 9.59 Å². The van der Waals surface area contributed by atoms with Crippen molar-refractivity contribution in [3.05, 3.63) is 35.4 Å². The molecule has 29 heavy (non-hydrogen) atoms. The Morgan fingerprint density at radius 2 is 1.86 bits per heavy atom. The van der Waals surface area contributed by atoms with Crippen molar-refractivity contribution in [2.45, 2.75) is 38.6 Å². The molecule has 3 rings (SSSR count). The van der Waals surface area contributed by atoms with Crippen molar-refractivity contribution >= 4 is 11.9 Å². The highest BCUT2D eigenvalue weighted by atomic mass is 16.5. The topological polar surface area (TPSA) is 87.9 Å². The van der Waals surface area contributed by atoms with Gasteiger partial charge in [0.1, 0.15) is 0 Å². The van der Waals surface area contributed by atoms with Gasteiger partial charge in [0.05, 0.1) is 25.7 Å². The maximum absolute atomic E-state index is 12.9. The standard InChI is InChI=1S/C22H34N4O3/c1-17-4-2-3-5-19(17)20(24-22(23)28)16-21(27)26-10-7-18(8-11-26)6-9-25-12-14-29-15-13-25/h2-5,18,20H,6-16H2,1H3,(H3,23,24,28). The number of nitrogens with two attached hydrogens (primary N) is 1. The smallest absolute Gasteiger partial charge is 0.312 e. The van der Waals surface area contributed by atoms with E-state index in [1.807, 2.05) is 36.1 Å². The summed E-state index contributed by atoms with van der Waals surface area (Å²) in [6.07, 6.45) is 3.53. The van der Waals surface area contributed by atoms with E-state index in [1.54, 1.807) is 0 Å². The predicted octanol–water partition coefficient (Wildman–Crippen LogP) is 2.06. The Kier molecular flexibility index (Phi) is 7.89. The highest BCUT2D eigenvalue weighted by Gasteiger charge is 2.26. The number of piperidine rings is 1. The van der Waals surface area contributed by atoms with E-state index in [0.717, 1.165) is 69.9 Å².